The molecule has 5 nitrogen and oxygen atoms in total. The highest BCUT2D eigenvalue weighted by atomic mass is 79.9. The maximum Gasteiger partial charge on any atom is 0.232 e. The molecule has 0 radical (unpaired) electrons. The lowest BCUT2D eigenvalue weighted by molar-refractivity contribution is 0.326. The van der Waals surface area contributed by atoms with Crippen LogP contribution in [-0.4, -0.2) is 23.7 Å². The Labute approximate surface area is 195 Å². The van der Waals surface area contributed by atoms with E-state index in [0.717, 1.165) is 56.7 Å². The van der Waals surface area contributed by atoms with Gasteiger partial charge in [-0.2, -0.15) is 5.26 Å². The molecule has 0 atom stereocenters. The van der Waals surface area contributed by atoms with Crippen LogP contribution in [-0.2, 0) is 12.8 Å². The van der Waals surface area contributed by atoms with Crippen molar-refractivity contribution in [2.45, 2.75) is 26.7 Å². The minimum Gasteiger partial charge on any atom is -0.496 e. The second kappa shape index (κ2) is 7.99. The molecule has 0 saturated carbocycles. The predicted molar refractivity (Wildman–Crippen MR) is 129 cm³/mol. The number of hydrogen-bond acceptors (Lipinski definition) is 4. The SMILES string of the molecule is CCOc1nc2c(c(-c3ccc(OC)c(Br)c3)c1C#N)CCc1c-2[nH]c2c(C)cccc12. The largest absolute Gasteiger partial charge is 0.496 e. The van der Waals surface area contributed by atoms with E-state index in [1.165, 1.54) is 16.5 Å². The molecule has 1 aliphatic carbocycles. The topological polar surface area (TPSA) is 70.9 Å². The van der Waals surface area contributed by atoms with Gasteiger partial charge in [0, 0.05) is 16.5 Å². The summed E-state index contributed by atoms with van der Waals surface area (Å²) in [6.45, 7) is 4.46. The number of aryl methyl sites for hydroxylation is 2. The smallest absolute Gasteiger partial charge is 0.232 e. The summed E-state index contributed by atoms with van der Waals surface area (Å²) in [7, 11) is 1.64. The molecule has 0 saturated heterocycles. The summed E-state index contributed by atoms with van der Waals surface area (Å²) in [4.78, 5) is 8.50. The third-order valence-corrected chi connectivity index (χ3v) is 6.73. The molecule has 160 valence electrons. The number of hydrogen-bond donors (Lipinski definition) is 1. The van der Waals surface area contributed by atoms with Crippen LogP contribution in [0.25, 0.3) is 33.4 Å². The lowest BCUT2D eigenvalue weighted by atomic mass is 9.85. The van der Waals surface area contributed by atoms with Crippen molar-refractivity contribution in [3.05, 3.63) is 63.1 Å². The molecule has 2 heterocycles. The van der Waals surface area contributed by atoms with Crippen molar-refractivity contribution in [2.24, 2.45) is 0 Å². The fourth-order valence-electron chi connectivity index (χ4n) is 4.67. The van der Waals surface area contributed by atoms with E-state index in [1.54, 1.807) is 7.11 Å². The van der Waals surface area contributed by atoms with Crippen LogP contribution in [0.4, 0.5) is 0 Å². The van der Waals surface area contributed by atoms with E-state index in [-0.39, 0.29) is 0 Å². The molecule has 2 aromatic carbocycles. The Morgan fingerprint density at radius 3 is 2.72 bits per heavy atom. The summed E-state index contributed by atoms with van der Waals surface area (Å²) in [6.07, 6.45) is 1.69. The number of para-hydroxylation sites is 1. The number of nitrogens with one attached hydrogen (secondary N) is 1. The molecule has 0 fully saturated rings. The summed E-state index contributed by atoms with van der Waals surface area (Å²) >= 11 is 3.59. The van der Waals surface area contributed by atoms with Crippen LogP contribution in [0.3, 0.4) is 0 Å². The average Bonchev–Trinajstić information content (AvgIpc) is 3.19. The first-order chi connectivity index (χ1) is 15.6. The predicted octanol–water partition coefficient (Wildman–Crippen LogP) is 6.35. The van der Waals surface area contributed by atoms with Gasteiger partial charge in [0.2, 0.25) is 5.88 Å². The number of methoxy groups -OCH3 is 1. The van der Waals surface area contributed by atoms with Gasteiger partial charge in [0.25, 0.3) is 0 Å². The number of ether oxygens (including phenoxy) is 2. The van der Waals surface area contributed by atoms with Gasteiger partial charge in [0.15, 0.2) is 0 Å². The van der Waals surface area contributed by atoms with E-state index in [4.69, 9.17) is 14.5 Å². The summed E-state index contributed by atoms with van der Waals surface area (Å²) in [5.41, 5.74) is 8.87. The molecule has 2 aromatic heterocycles. The zero-order valence-electron chi connectivity index (χ0n) is 18.2. The van der Waals surface area contributed by atoms with Gasteiger partial charge in [0.1, 0.15) is 17.4 Å². The van der Waals surface area contributed by atoms with E-state index in [9.17, 15) is 5.26 Å². The molecular weight excluding hydrogens is 466 g/mol. The third-order valence-electron chi connectivity index (χ3n) is 6.11. The number of nitriles is 1. The van der Waals surface area contributed by atoms with Crippen molar-refractivity contribution in [3.63, 3.8) is 0 Å². The lowest BCUT2D eigenvalue weighted by Gasteiger charge is -2.22. The molecule has 1 N–H and O–H groups in total. The number of aromatic nitrogens is 2. The van der Waals surface area contributed by atoms with Gasteiger partial charge >= 0.3 is 0 Å². The van der Waals surface area contributed by atoms with Crippen molar-refractivity contribution in [1.29, 1.82) is 5.26 Å². The highest BCUT2D eigenvalue weighted by molar-refractivity contribution is 9.10. The Morgan fingerprint density at radius 2 is 2.00 bits per heavy atom. The number of aromatic amines is 1. The first-order valence-electron chi connectivity index (χ1n) is 10.6. The molecule has 0 aliphatic heterocycles. The van der Waals surface area contributed by atoms with E-state index in [0.29, 0.717) is 18.1 Å². The number of nitrogens with zero attached hydrogens (tertiary/aromatic N) is 2. The Balaban J connectivity index is 1.84. The van der Waals surface area contributed by atoms with Crippen molar-refractivity contribution in [2.75, 3.05) is 13.7 Å². The molecule has 0 amide bonds. The molecule has 0 bridgehead atoms. The second-order valence-electron chi connectivity index (χ2n) is 7.86. The summed E-state index contributed by atoms with van der Waals surface area (Å²) < 4.78 is 12.1. The Morgan fingerprint density at radius 1 is 1.19 bits per heavy atom. The lowest BCUT2D eigenvalue weighted by Crippen LogP contribution is -2.11. The molecule has 4 aromatic rings. The quantitative estimate of drug-likeness (QED) is 0.364. The highest BCUT2D eigenvalue weighted by Gasteiger charge is 2.29. The van der Waals surface area contributed by atoms with E-state index in [2.05, 4.69) is 52.1 Å². The van der Waals surface area contributed by atoms with Gasteiger partial charge in [-0.1, -0.05) is 24.3 Å². The molecule has 32 heavy (non-hydrogen) atoms. The van der Waals surface area contributed by atoms with Crippen molar-refractivity contribution < 1.29 is 9.47 Å². The summed E-state index contributed by atoms with van der Waals surface area (Å²) in [5.74, 6) is 1.12. The fraction of sp³-hybridized carbons (Fsp3) is 0.231. The number of pyridine rings is 1. The van der Waals surface area contributed by atoms with Crippen LogP contribution >= 0.6 is 15.9 Å². The van der Waals surface area contributed by atoms with E-state index in [1.807, 2.05) is 25.1 Å². The summed E-state index contributed by atoms with van der Waals surface area (Å²) in [6, 6.07) is 14.6. The molecule has 1 aliphatic rings. The van der Waals surface area contributed by atoms with Crippen LogP contribution < -0.4 is 9.47 Å². The minimum absolute atomic E-state index is 0.374. The average molecular weight is 488 g/mol. The van der Waals surface area contributed by atoms with Gasteiger partial charge in [-0.15, -0.1) is 0 Å². The van der Waals surface area contributed by atoms with Crippen LogP contribution in [0.5, 0.6) is 11.6 Å². The van der Waals surface area contributed by atoms with Gasteiger partial charge in [-0.3, -0.25) is 0 Å². The first kappa shape index (κ1) is 20.6. The number of halogens is 1. The van der Waals surface area contributed by atoms with Crippen LogP contribution in [0, 0.1) is 18.3 Å². The van der Waals surface area contributed by atoms with E-state index < -0.39 is 0 Å². The van der Waals surface area contributed by atoms with Gasteiger partial charge in [0.05, 0.1) is 29.6 Å². The Hall–Kier alpha value is -3.30. The fourth-order valence-corrected chi connectivity index (χ4v) is 5.21. The number of benzene rings is 2. The zero-order valence-corrected chi connectivity index (χ0v) is 19.8. The summed E-state index contributed by atoms with van der Waals surface area (Å²) in [5, 5.41) is 11.3. The van der Waals surface area contributed by atoms with Gasteiger partial charge in [-0.05, 0) is 77.0 Å². The normalized spacial score (nSPS) is 12.2. The molecule has 0 unspecified atom stereocenters. The van der Waals surface area contributed by atoms with Gasteiger partial charge in [-0.25, -0.2) is 4.98 Å². The van der Waals surface area contributed by atoms with Crippen LogP contribution in [0.2, 0.25) is 0 Å². The van der Waals surface area contributed by atoms with Crippen molar-refractivity contribution in [1.82, 2.24) is 9.97 Å². The zero-order chi connectivity index (χ0) is 22.4. The molecule has 5 rings (SSSR count). The second-order valence-corrected chi connectivity index (χ2v) is 8.72. The Kier molecular flexibility index (Phi) is 5.15. The van der Waals surface area contributed by atoms with Crippen LogP contribution in [0.1, 0.15) is 29.2 Å². The highest BCUT2D eigenvalue weighted by Crippen LogP contribution is 2.45. The molecular formula is C26H22BrN3O2. The van der Waals surface area contributed by atoms with Crippen molar-refractivity contribution in [3.8, 4) is 40.2 Å². The molecule has 6 heteroatoms. The third kappa shape index (κ3) is 3.08. The minimum atomic E-state index is 0.374. The number of rotatable bonds is 4. The first-order valence-corrected chi connectivity index (χ1v) is 11.4. The van der Waals surface area contributed by atoms with Crippen LogP contribution in [0.15, 0.2) is 40.9 Å². The number of fused-ring (bicyclic) bond motifs is 5. The maximum atomic E-state index is 10.1. The maximum absolute atomic E-state index is 10.1. The monoisotopic (exact) mass is 487 g/mol. The van der Waals surface area contributed by atoms with Crippen molar-refractivity contribution >= 4 is 26.8 Å². The Bertz CT molecular complexity index is 1420. The standard InChI is InChI=1S/C26H22BrN3O2/c1-4-32-26-19(13-28)22(15-8-11-21(31-3)20(27)12-15)18-10-9-17-16-7-5-6-14(2)23(16)29-24(17)25(18)30-26/h5-8,11-12,29H,4,9-10H2,1-3H3. The van der Waals surface area contributed by atoms with Gasteiger partial charge < -0.3 is 14.5 Å². The number of H-pyrrole nitrogens is 1. The molecule has 0 spiro atoms. The van der Waals surface area contributed by atoms with E-state index >= 15 is 0 Å².